The molecule has 0 spiro atoms. The zero-order chi connectivity index (χ0) is 13.2. The van der Waals surface area contributed by atoms with Crippen LogP contribution in [0.2, 0.25) is 8.67 Å². The third-order valence-corrected chi connectivity index (χ3v) is 5.25. The molecule has 18 heavy (non-hydrogen) atoms. The van der Waals surface area contributed by atoms with Gasteiger partial charge < -0.3 is 0 Å². The van der Waals surface area contributed by atoms with Gasteiger partial charge in [0.2, 0.25) is 10.0 Å². The van der Waals surface area contributed by atoms with Crippen molar-refractivity contribution >= 4 is 44.6 Å². The molecule has 6 nitrogen and oxygen atoms in total. The molecule has 2 rings (SSSR count). The molecule has 0 fully saturated rings. The standard InChI is InChI=1S/C8H8Cl2N4O2S2/c9-6-3-5(8(10)17-6)18(15,16)13-2-1-7-11-4-12-14-7/h3-4,13H,1-2H2,(H,11,12,14). The van der Waals surface area contributed by atoms with Crippen molar-refractivity contribution in [2.75, 3.05) is 6.54 Å². The Bertz CT molecular complexity index is 624. The fraction of sp³-hybridized carbons (Fsp3) is 0.250. The molecule has 2 aromatic heterocycles. The molecule has 0 aliphatic carbocycles. The number of hydrogen-bond donors (Lipinski definition) is 2. The van der Waals surface area contributed by atoms with E-state index in [2.05, 4.69) is 19.9 Å². The van der Waals surface area contributed by atoms with E-state index in [1.54, 1.807) is 0 Å². The van der Waals surface area contributed by atoms with Crippen molar-refractivity contribution in [2.45, 2.75) is 11.3 Å². The smallest absolute Gasteiger partial charge is 0.242 e. The molecule has 0 unspecified atom stereocenters. The zero-order valence-electron chi connectivity index (χ0n) is 8.85. The van der Waals surface area contributed by atoms with Crippen LogP contribution in [-0.2, 0) is 16.4 Å². The van der Waals surface area contributed by atoms with Gasteiger partial charge in [0.05, 0.1) is 4.34 Å². The number of aromatic amines is 1. The molecule has 10 heteroatoms. The molecule has 0 atom stereocenters. The van der Waals surface area contributed by atoms with Crippen LogP contribution in [0.15, 0.2) is 17.3 Å². The first kappa shape index (κ1) is 13.8. The topological polar surface area (TPSA) is 87.7 Å². The summed E-state index contributed by atoms with van der Waals surface area (Å²) in [5.74, 6) is 0.604. The molecule has 2 heterocycles. The van der Waals surface area contributed by atoms with Gasteiger partial charge in [0, 0.05) is 13.0 Å². The number of H-pyrrole nitrogens is 1. The van der Waals surface area contributed by atoms with Crippen LogP contribution >= 0.6 is 34.5 Å². The van der Waals surface area contributed by atoms with E-state index >= 15 is 0 Å². The van der Waals surface area contributed by atoms with Gasteiger partial charge in [-0.25, -0.2) is 18.1 Å². The van der Waals surface area contributed by atoms with Crippen molar-refractivity contribution < 1.29 is 8.42 Å². The van der Waals surface area contributed by atoms with Crippen molar-refractivity contribution in [2.24, 2.45) is 0 Å². The Morgan fingerprint density at radius 1 is 1.44 bits per heavy atom. The summed E-state index contributed by atoms with van der Waals surface area (Å²) >= 11 is 12.5. The molecule has 98 valence electrons. The summed E-state index contributed by atoms with van der Waals surface area (Å²) in [6.07, 6.45) is 1.77. The van der Waals surface area contributed by atoms with Crippen LogP contribution in [0.25, 0.3) is 0 Å². The van der Waals surface area contributed by atoms with Crippen LogP contribution in [0.1, 0.15) is 5.82 Å². The predicted molar refractivity (Wildman–Crippen MR) is 69.6 cm³/mol. The fourth-order valence-electron chi connectivity index (χ4n) is 1.24. The molecule has 0 bridgehead atoms. The van der Waals surface area contributed by atoms with E-state index in [4.69, 9.17) is 23.2 Å². The van der Waals surface area contributed by atoms with Gasteiger partial charge in [-0.1, -0.05) is 23.2 Å². The number of rotatable bonds is 5. The number of thiophene rings is 1. The van der Waals surface area contributed by atoms with Crippen LogP contribution in [0.5, 0.6) is 0 Å². The third kappa shape index (κ3) is 3.21. The number of nitrogens with one attached hydrogen (secondary N) is 2. The Morgan fingerprint density at radius 2 is 2.22 bits per heavy atom. The average molecular weight is 327 g/mol. The number of hydrogen-bond acceptors (Lipinski definition) is 5. The third-order valence-electron chi connectivity index (χ3n) is 2.03. The Hall–Kier alpha value is -0.670. The highest BCUT2D eigenvalue weighted by Crippen LogP contribution is 2.33. The minimum Gasteiger partial charge on any atom is -0.263 e. The maximum absolute atomic E-state index is 11.9. The lowest BCUT2D eigenvalue weighted by atomic mass is 10.4. The minimum absolute atomic E-state index is 0.00302. The predicted octanol–water partition coefficient (Wildman–Crippen LogP) is 1.69. The van der Waals surface area contributed by atoms with Gasteiger partial charge in [-0.15, -0.1) is 11.3 Å². The Morgan fingerprint density at radius 3 is 2.78 bits per heavy atom. The number of sulfonamides is 1. The summed E-state index contributed by atoms with van der Waals surface area (Å²) in [5, 5.41) is 6.30. The second-order valence-electron chi connectivity index (χ2n) is 3.27. The molecule has 2 N–H and O–H groups in total. The lowest BCUT2D eigenvalue weighted by Gasteiger charge is -2.03. The normalized spacial score (nSPS) is 11.9. The number of nitrogens with zero attached hydrogens (tertiary/aromatic N) is 2. The largest absolute Gasteiger partial charge is 0.263 e. The van der Waals surface area contributed by atoms with E-state index in [1.807, 2.05) is 0 Å². The van der Waals surface area contributed by atoms with Gasteiger partial charge in [-0.2, -0.15) is 5.10 Å². The average Bonchev–Trinajstić information content (AvgIpc) is 2.88. The quantitative estimate of drug-likeness (QED) is 0.875. The molecule has 0 saturated heterocycles. The molecular weight excluding hydrogens is 319 g/mol. The van der Waals surface area contributed by atoms with Gasteiger partial charge in [0.15, 0.2) is 0 Å². The summed E-state index contributed by atoms with van der Waals surface area (Å²) in [4.78, 5) is 3.88. The molecule has 0 saturated carbocycles. The van der Waals surface area contributed by atoms with Gasteiger partial charge in [-0.05, 0) is 6.07 Å². The van der Waals surface area contributed by atoms with Crippen molar-refractivity contribution in [3.8, 4) is 0 Å². The monoisotopic (exact) mass is 326 g/mol. The van der Waals surface area contributed by atoms with Crippen molar-refractivity contribution in [1.29, 1.82) is 0 Å². The van der Waals surface area contributed by atoms with E-state index in [9.17, 15) is 8.42 Å². The second-order valence-corrected chi connectivity index (χ2v) is 7.29. The van der Waals surface area contributed by atoms with Crippen molar-refractivity contribution in [3.05, 3.63) is 26.9 Å². The lowest BCUT2D eigenvalue weighted by Crippen LogP contribution is -2.26. The van der Waals surface area contributed by atoms with Gasteiger partial charge in [0.25, 0.3) is 0 Å². The minimum atomic E-state index is -3.64. The summed E-state index contributed by atoms with van der Waals surface area (Å²) in [6, 6.07) is 1.32. The van der Waals surface area contributed by atoms with Gasteiger partial charge >= 0.3 is 0 Å². The first-order valence-electron chi connectivity index (χ1n) is 4.78. The number of aromatic nitrogens is 3. The van der Waals surface area contributed by atoms with E-state index < -0.39 is 10.0 Å². The molecule has 0 radical (unpaired) electrons. The maximum atomic E-state index is 11.9. The van der Waals surface area contributed by atoms with Gasteiger partial charge in [-0.3, -0.25) is 5.10 Å². The van der Waals surface area contributed by atoms with E-state index in [-0.39, 0.29) is 15.8 Å². The van der Waals surface area contributed by atoms with E-state index in [0.717, 1.165) is 11.3 Å². The highest BCUT2D eigenvalue weighted by atomic mass is 35.5. The van der Waals surface area contributed by atoms with Crippen LogP contribution in [0.3, 0.4) is 0 Å². The molecule has 0 aromatic carbocycles. The first-order valence-corrected chi connectivity index (χ1v) is 7.83. The summed E-state index contributed by atoms with van der Waals surface area (Å²) in [6.45, 7) is 0.196. The van der Waals surface area contributed by atoms with Crippen molar-refractivity contribution in [3.63, 3.8) is 0 Å². The molecule has 0 aliphatic rings. The molecular formula is C8H8Cl2N4O2S2. The van der Waals surface area contributed by atoms with Crippen LogP contribution in [-0.4, -0.2) is 30.1 Å². The Balaban J connectivity index is 2.02. The Labute approximate surface area is 117 Å². The summed E-state index contributed by atoms with van der Waals surface area (Å²) < 4.78 is 26.7. The second kappa shape index (κ2) is 5.54. The zero-order valence-corrected chi connectivity index (χ0v) is 12.0. The maximum Gasteiger partial charge on any atom is 0.242 e. The first-order chi connectivity index (χ1) is 8.49. The number of halogens is 2. The highest BCUT2D eigenvalue weighted by Gasteiger charge is 2.20. The molecule has 0 aliphatic heterocycles. The molecule has 0 amide bonds. The summed E-state index contributed by atoms with van der Waals surface area (Å²) in [5.41, 5.74) is 0. The SMILES string of the molecule is O=S(=O)(NCCc1ncn[nH]1)c1cc(Cl)sc1Cl. The fourth-order valence-corrected chi connectivity index (χ4v) is 4.42. The molecule has 2 aromatic rings. The lowest BCUT2D eigenvalue weighted by molar-refractivity contribution is 0.581. The van der Waals surface area contributed by atoms with Crippen molar-refractivity contribution in [1.82, 2.24) is 19.9 Å². The van der Waals surface area contributed by atoms with Crippen LogP contribution < -0.4 is 4.72 Å². The van der Waals surface area contributed by atoms with Gasteiger partial charge in [0.1, 0.15) is 21.4 Å². The Kier molecular flexibility index (Phi) is 4.23. The van der Waals surface area contributed by atoms with E-state index in [0.29, 0.717) is 16.6 Å². The summed E-state index contributed by atoms with van der Waals surface area (Å²) in [7, 11) is -3.64. The van der Waals surface area contributed by atoms with Crippen LogP contribution in [0.4, 0.5) is 0 Å². The van der Waals surface area contributed by atoms with Crippen LogP contribution in [0, 0.1) is 0 Å². The van der Waals surface area contributed by atoms with E-state index in [1.165, 1.54) is 12.4 Å². The highest BCUT2D eigenvalue weighted by molar-refractivity contribution is 7.89.